The predicted molar refractivity (Wildman–Crippen MR) is 55.9 cm³/mol. The zero-order chi connectivity index (χ0) is 9.31. The largest absolute Gasteiger partial charge is 0.308 e. The second kappa shape index (κ2) is 3.58. The first-order valence-corrected chi connectivity index (χ1v) is 5.63. The van der Waals surface area contributed by atoms with E-state index in [1.54, 1.807) is 0 Å². The highest BCUT2D eigenvalue weighted by Crippen LogP contribution is 2.45. The van der Waals surface area contributed by atoms with Crippen molar-refractivity contribution in [3.05, 3.63) is 0 Å². The van der Waals surface area contributed by atoms with E-state index in [4.69, 9.17) is 0 Å². The van der Waals surface area contributed by atoms with Crippen LogP contribution < -0.4 is 0 Å². The second-order valence-electron chi connectivity index (χ2n) is 4.97. The normalized spacial score (nSPS) is 27.0. The van der Waals surface area contributed by atoms with E-state index < -0.39 is 0 Å². The average molecular weight is 182 g/mol. The summed E-state index contributed by atoms with van der Waals surface area (Å²) in [5.41, 5.74) is 0.677. The first kappa shape index (κ1) is 9.47. The van der Waals surface area contributed by atoms with Crippen molar-refractivity contribution in [3.63, 3.8) is 0 Å². The third-order valence-corrected chi connectivity index (χ3v) is 3.84. The summed E-state index contributed by atoms with van der Waals surface area (Å²) in [6, 6.07) is 0. The van der Waals surface area contributed by atoms with Crippen molar-refractivity contribution in [2.24, 2.45) is 0 Å². The Bertz CT molecular complexity index is 173. The van der Waals surface area contributed by atoms with Gasteiger partial charge in [0.15, 0.2) is 0 Å². The number of likely N-dealkylation sites (tertiary alicyclic amines) is 1. The Balaban J connectivity index is 1.84. The lowest BCUT2D eigenvalue weighted by molar-refractivity contribution is 0.0512. The topological polar surface area (TPSA) is 6.48 Å². The molecule has 2 nitrogen and oxygen atoms in total. The third kappa shape index (κ3) is 1.75. The van der Waals surface area contributed by atoms with Crippen LogP contribution in [0, 0.1) is 0 Å². The van der Waals surface area contributed by atoms with E-state index in [9.17, 15) is 0 Å². The van der Waals surface area contributed by atoms with Gasteiger partial charge in [-0.25, -0.2) is 0 Å². The molecular weight excluding hydrogens is 160 g/mol. The predicted octanol–water partition coefficient (Wildman–Crippen LogP) is 1.57. The molecule has 76 valence electrons. The van der Waals surface area contributed by atoms with Crippen molar-refractivity contribution >= 4 is 0 Å². The van der Waals surface area contributed by atoms with Crippen molar-refractivity contribution in [1.29, 1.82) is 0 Å². The van der Waals surface area contributed by atoms with E-state index in [0.29, 0.717) is 5.54 Å². The lowest BCUT2D eigenvalue weighted by Gasteiger charge is -2.46. The van der Waals surface area contributed by atoms with E-state index >= 15 is 0 Å². The Morgan fingerprint density at radius 3 is 2.38 bits per heavy atom. The summed E-state index contributed by atoms with van der Waals surface area (Å²) in [6.07, 6.45) is 7.33. The van der Waals surface area contributed by atoms with Crippen LogP contribution >= 0.6 is 0 Å². The average Bonchev–Trinajstić information content (AvgIpc) is 2.42. The molecule has 1 aliphatic heterocycles. The molecule has 0 N–H and O–H groups in total. The van der Waals surface area contributed by atoms with Crippen LogP contribution in [0.5, 0.6) is 0 Å². The Hall–Kier alpha value is -0.0800. The van der Waals surface area contributed by atoms with Gasteiger partial charge < -0.3 is 4.90 Å². The van der Waals surface area contributed by atoms with E-state index in [0.717, 1.165) is 0 Å². The van der Waals surface area contributed by atoms with E-state index in [2.05, 4.69) is 23.9 Å². The van der Waals surface area contributed by atoms with E-state index in [1.807, 2.05) is 0 Å². The maximum Gasteiger partial charge on any atom is 0.0210 e. The summed E-state index contributed by atoms with van der Waals surface area (Å²) in [4.78, 5) is 5.04. The molecule has 0 aromatic rings. The van der Waals surface area contributed by atoms with Gasteiger partial charge in [0, 0.05) is 18.6 Å². The molecule has 0 aromatic carbocycles. The lowest BCUT2D eigenvalue weighted by atomic mass is 9.75. The summed E-state index contributed by atoms with van der Waals surface area (Å²) >= 11 is 0. The Morgan fingerprint density at radius 2 is 1.85 bits per heavy atom. The maximum absolute atomic E-state index is 2.75. The van der Waals surface area contributed by atoms with Crippen molar-refractivity contribution in [3.8, 4) is 0 Å². The zero-order valence-corrected chi connectivity index (χ0v) is 9.05. The van der Waals surface area contributed by atoms with Gasteiger partial charge in [0.2, 0.25) is 0 Å². The number of likely N-dealkylation sites (N-methyl/N-ethyl adjacent to an activating group) is 1. The van der Waals surface area contributed by atoms with Crippen molar-refractivity contribution in [1.82, 2.24) is 9.80 Å². The minimum absolute atomic E-state index is 0.677. The van der Waals surface area contributed by atoms with Gasteiger partial charge in [0.05, 0.1) is 0 Å². The van der Waals surface area contributed by atoms with Crippen LogP contribution in [-0.4, -0.2) is 49.1 Å². The summed E-state index contributed by atoms with van der Waals surface area (Å²) in [6.45, 7) is 3.86. The quantitative estimate of drug-likeness (QED) is 0.653. The van der Waals surface area contributed by atoms with Gasteiger partial charge in [0.1, 0.15) is 0 Å². The third-order valence-electron chi connectivity index (χ3n) is 3.84. The standard InChI is InChI=1S/C11H22N2/c1-12(2)9-10-13-8-4-7-11(13)5-3-6-11/h3-10H2,1-2H3. The van der Waals surface area contributed by atoms with Gasteiger partial charge in [-0.05, 0) is 52.7 Å². The minimum Gasteiger partial charge on any atom is -0.308 e. The highest BCUT2D eigenvalue weighted by molar-refractivity contribution is 5.01. The lowest BCUT2D eigenvalue weighted by Crippen LogP contribution is -2.51. The van der Waals surface area contributed by atoms with E-state index in [1.165, 1.54) is 51.7 Å². The first-order valence-electron chi connectivity index (χ1n) is 5.63. The van der Waals surface area contributed by atoms with Crippen LogP contribution in [0.3, 0.4) is 0 Å². The molecule has 1 heterocycles. The fraction of sp³-hybridized carbons (Fsp3) is 1.00. The molecular formula is C11H22N2. The summed E-state index contributed by atoms with van der Waals surface area (Å²) in [7, 11) is 4.34. The number of hydrogen-bond donors (Lipinski definition) is 0. The Labute approximate surface area is 81.9 Å². The molecule has 0 aromatic heterocycles. The first-order chi connectivity index (χ1) is 6.23. The van der Waals surface area contributed by atoms with Crippen LogP contribution in [0.1, 0.15) is 32.1 Å². The fourth-order valence-corrected chi connectivity index (χ4v) is 2.82. The molecule has 0 unspecified atom stereocenters. The molecule has 13 heavy (non-hydrogen) atoms. The van der Waals surface area contributed by atoms with Gasteiger partial charge in [-0.1, -0.05) is 0 Å². The van der Waals surface area contributed by atoms with Crippen molar-refractivity contribution < 1.29 is 0 Å². The SMILES string of the molecule is CN(C)CCN1CCCC12CCC2. The van der Waals surface area contributed by atoms with Crippen LogP contribution in [0.25, 0.3) is 0 Å². The highest BCUT2D eigenvalue weighted by atomic mass is 15.2. The molecule has 2 heteroatoms. The molecule has 0 radical (unpaired) electrons. The van der Waals surface area contributed by atoms with Crippen LogP contribution in [0.4, 0.5) is 0 Å². The van der Waals surface area contributed by atoms with Crippen molar-refractivity contribution in [2.45, 2.75) is 37.6 Å². The van der Waals surface area contributed by atoms with Gasteiger partial charge >= 0.3 is 0 Å². The number of nitrogens with zero attached hydrogens (tertiary/aromatic N) is 2. The molecule has 2 rings (SSSR count). The highest BCUT2D eigenvalue weighted by Gasteiger charge is 2.44. The molecule has 0 amide bonds. The minimum atomic E-state index is 0.677. The molecule has 2 aliphatic rings. The molecule has 1 spiro atoms. The summed E-state index contributed by atoms with van der Waals surface area (Å²) in [5, 5.41) is 0. The van der Waals surface area contributed by atoms with Crippen LogP contribution in [0.2, 0.25) is 0 Å². The molecule has 1 aliphatic carbocycles. The van der Waals surface area contributed by atoms with Crippen LogP contribution in [0.15, 0.2) is 0 Å². The second-order valence-corrected chi connectivity index (χ2v) is 4.97. The summed E-state index contributed by atoms with van der Waals surface area (Å²) in [5.74, 6) is 0. The molecule has 1 saturated carbocycles. The monoisotopic (exact) mass is 182 g/mol. The van der Waals surface area contributed by atoms with Crippen molar-refractivity contribution in [2.75, 3.05) is 33.7 Å². The van der Waals surface area contributed by atoms with E-state index in [-0.39, 0.29) is 0 Å². The van der Waals surface area contributed by atoms with Gasteiger partial charge in [0.25, 0.3) is 0 Å². The zero-order valence-electron chi connectivity index (χ0n) is 9.05. The van der Waals surface area contributed by atoms with Crippen LogP contribution in [-0.2, 0) is 0 Å². The molecule has 0 atom stereocenters. The molecule has 0 bridgehead atoms. The molecule has 1 saturated heterocycles. The summed E-state index contributed by atoms with van der Waals surface area (Å²) < 4.78 is 0. The Kier molecular flexibility index (Phi) is 2.61. The Morgan fingerprint density at radius 1 is 1.15 bits per heavy atom. The smallest absolute Gasteiger partial charge is 0.0210 e. The number of rotatable bonds is 3. The fourth-order valence-electron chi connectivity index (χ4n) is 2.82. The maximum atomic E-state index is 2.75. The van der Waals surface area contributed by atoms with Gasteiger partial charge in [-0.3, -0.25) is 4.90 Å². The number of hydrogen-bond acceptors (Lipinski definition) is 2. The van der Waals surface area contributed by atoms with Gasteiger partial charge in [-0.15, -0.1) is 0 Å². The van der Waals surface area contributed by atoms with Gasteiger partial charge in [-0.2, -0.15) is 0 Å². The molecule has 2 fully saturated rings.